The highest BCUT2D eigenvalue weighted by atomic mass is 35.5. The van der Waals surface area contributed by atoms with Crippen LogP contribution < -0.4 is 10.6 Å². The fraction of sp³-hybridized carbons (Fsp3) is 0.438. The average molecular weight is 372 g/mol. The molecule has 1 aliphatic heterocycles. The molecule has 0 aliphatic carbocycles. The Morgan fingerprint density at radius 1 is 1.38 bits per heavy atom. The first kappa shape index (κ1) is 20.4. The van der Waals surface area contributed by atoms with Crippen molar-refractivity contribution in [3.8, 4) is 0 Å². The fourth-order valence-electron chi connectivity index (χ4n) is 2.96. The summed E-state index contributed by atoms with van der Waals surface area (Å²) in [5, 5.41) is 10.6. The van der Waals surface area contributed by atoms with Crippen molar-refractivity contribution in [2.24, 2.45) is 13.0 Å². The highest BCUT2D eigenvalue weighted by Crippen LogP contribution is 2.28. The third kappa shape index (κ3) is 4.47. The summed E-state index contributed by atoms with van der Waals surface area (Å²) in [6.07, 6.45) is 5.58. The van der Waals surface area contributed by atoms with Gasteiger partial charge in [0.2, 0.25) is 5.91 Å². The van der Waals surface area contributed by atoms with Gasteiger partial charge < -0.3 is 10.6 Å². The number of halogens is 2. The number of hydrogen-bond donors (Lipinski definition) is 2. The lowest BCUT2D eigenvalue weighted by atomic mass is 9.90. The molecule has 3 rings (SSSR count). The summed E-state index contributed by atoms with van der Waals surface area (Å²) < 4.78 is 1.78. The van der Waals surface area contributed by atoms with Crippen LogP contribution in [-0.2, 0) is 11.8 Å². The molecule has 1 saturated heterocycles. The van der Waals surface area contributed by atoms with E-state index in [0.29, 0.717) is 6.54 Å². The minimum absolute atomic E-state index is 0. The Morgan fingerprint density at radius 2 is 2.17 bits per heavy atom. The minimum Gasteiger partial charge on any atom is -0.348 e. The van der Waals surface area contributed by atoms with Gasteiger partial charge in [0.25, 0.3) is 0 Å². The second-order valence-electron chi connectivity index (χ2n) is 5.80. The minimum atomic E-state index is -0.0937. The van der Waals surface area contributed by atoms with Gasteiger partial charge in [-0.3, -0.25) is 14.5 Å². The molecule has 0 spiro atoms. The van der Waals surface area contributed by atoms with Gasteiger partial charge in [0.15, 0.2) is 0 Å². The summed E-state index contributed by atoms with van der Waals surface area (Å²) in [7, 11) is 1.89. The van der Waals surface area contributed by atoms with E-state index in [1.807, 2.05) is 44.6 Å². The van der Waals surface area contributed by atoms with Crippen LogP contribution in [-0.4, -0.2) is 33.8 Å². The normalized spacial score (nSPS) is 20.6. The van der Waals surface area contributed by atoms with E-state index in [-0.39, 0.29) is 48.6 Å². The predicted octanol–water partition coefficient (Wildman–Crippen LogP) is 1.84. The zero-order valence-corrected chi connectivity index (χ0v) is 15.3. The summed E-state index contributed by atoms with van der Waals surface area (Å²) in [4.78, 5) is 16.9. The number of aryl methyl sites for hydroxylation is 1. The van der Waals surface area contributed by atoms with Crippen LogP contribution in [0.25, 0.3) is 0 Å². The van der Waals surface area contributed by atoms with Crippen LogP contribution in [0.15, 0.2) is 36.8 Å². The highest BCUT2D eigenvalue weighted by molar-refractivity contribution is 5.85. The molecule has 1 aliphatic rings. The van der Waals surface area contributed by atoms with Crippen LogP contribution in [0.2, 0.25) is 0 Å². The molecule has 2 aromatic heterocycles. The molecule has 0 aromatic carbocycles. The molecule has 1 amide bonds. The van der Waals surface area contributed by atoms with Crippen molar-refractivity contribution in [2.75, 3.05) is 13.1 Å². The van der Waals surface area contributed by atoms with Gasteiger partial charge in [0, 0.05) is 38.4 Å². The third-order valence-corrected chi connectivity index (χ3v) is 4.19. The predicted molar refractivity (Wildman–Crippen MR) is 97.6 cm³/mol. The first-order valence-electron chi connectivity index (χ1n) is 7.55. The van der Waals surface area contributed by atoms with Crippen molar-refractivity contribution in [1.82, 2.24) is 25.4 Å². The number of aromatic nitrogens is 3. The lowest BCUT2D eigenvalue weighted by Gasteiger charge is -2.20. The Bertz CT molecular complexity index is 649. The topological polar surface area (TPSA) is 71.8 Å². The Labute approximate surface area is 154 Å². The molecule has 0 bridgehead atoms. The molecule has 2 aromatic rings. The molecular formula is C16H23Cl2N5O. The number of amides is 1. The molecule has 1 fully saturated rings. The van der Waals surface area contributed by atoms with Gasteiger partial charge in [-0.25, -0.2) is 0 Å². The summed E-state index contributed by atoms with van der Waals surface area (Å²) in [6.45, 7) is 3.46. The standard InChI is InChI=1S/C16H21N5O.2ClH/c1-11(15-5-3-4-6-18-15)20-16(22)14-9-17-8-13(14)12-7-19-21(2)10-12;;/h3-7,10-11,13-14,17H,8-9H2,1-2H3,(H,20,22);2*1H/t11?,13-,14+;;/m1../s1. The largest absolute Gasteiger partial charge is 0.348 e. The number of nitrogens with one attached hydrogen (secondary N) is 2. The second kappa shape index (κ2) is 9.01. The maximum atomic E-state index is 12.6. The zero-order chi connectivity index (χ0) is 15.5. The zero-order valence-electron chi connectivity index (χ0n) is 13.7. The molecule has 3 atom stereocenters. The van der Waals surface area contributed by atoms with E-state index >= 15 is 0 Å². The van der Waals surface area contributed by atoms with Gasteiger partial charge in [-0.05, 0) is 24.6 Å². The van der Waals surface area contributed by atoms with Gasteiger partial charge in [-0.2, -0.15) is 5.10 Å². The van der Waals surface area contributed by atoms with Crippen molar-refractivity contribution in [3.63, 3.8) is 0 Å². The lowest BCUT2D eigenvalue weighted by Crippen LogP contribution is -2.36. The van der Waals surface area contributed by atoms with Crippen LogP contribution in [0.5, 0.6) is 0 Å². The summed E-state index contributed by atoms with van der Waals surface area (Å²) in [6, 6.07) is 5.64. The molecule has 0 saturated carbocycles. The van der Waals surface area contributed by atoms with Crippen molar-refractivity contribution >= 4 is 30.7 Å². The second-order valence-corrected chi connectivity index (χ2v) is 5.80. The summed E-state index contributed by atoms with van der Waals surface area (Å²) in [5.41, 5.74) is 1.98. The summed E-state index contributed by atoms with van der Waals surface area (Å²) in [5.74, 6) is 0.164. The number of carbonyl (C=O) groups is 1. The maximum absolute atomic E-state index is 12.6. The van der Waals surface area contributed by atoms with Crippen LogP contribution in [0.4, 0.5) is 0 Å². The van der Waals surface area contributed by atoms with Crippen molar-refractivity contribution in [3.05, 3.63) is 48.0 Å². The van der Waals surface area contributed by atoms with Crippen LogP contribution >= 0.6 is 24.8 Å². The van der Waals surface area contributed by atoms with E-state index in [1.165, 1.54) is 0 Å². The monoisotopic (exact) mass is 371 g/mol. The van der Waals surface area contributed by atoms with Crippen LogP contribution in [0.1, 0.15) is 30.1 Å². The van der Waals surface area contributed by atoms with E-state index < -0.39 is 0 Å². The van der Waals surface area contributed by atoms with Crippen molar-refractivity contribution < 1.29 is 4.79 Å². The molecule has 24 heavy (non-hydrogen) atoms. The molecule has 3 heterocycles. The van der Waals surface area contributed by atoms with Crippen LogP contribution in [0, 0.1) is 5.92 Å². The average Bonchev–Trinajstić information content (AvgIpc) is 3.16. The van der Waals surface area contributed by atoms with Gasteiger partial charge in [0.1, 0.15) is 0 Å². The number of pyridine rings is 1. The Balaban J connectivity index is 0.00000144. The first-order valence-corrected chi connectivity index (χ1v) is 7.55. The summed E-state index contributed by atoms with van der Waals surface area (Å²) >= 11 is 0. The number of rotatable bonds is 4. The SMILES string of the molecule is CC(NC(=O)[C@H]1CNC[C@@H]1c1cnn(C)c1)c1ccccn1.Cl.Cl. The van der Waals surface area contributed by atoms with Crippen molar-refractivity contribution in [2.45, 2.75) is 18.9 Å². The third-order valence-electron chi connectivity index (χ3n) is 4.19. The number of carbonyl (C=O) groups excluding carboxylic acids is 1. The molecule has 1 unspecified atom stereocenters. The molecule has 2 N–H and O–H groups in total. The maximum Gasteiger partial charge on any atom is 0.225 e. The Kier molecular flexibility index (Phi) is 7.66. The van der Waals surface area contributed by atoms with E-state index in [0.717, 1.165) is 17.8 Å². The molecule has 0 radical (unpaired) electrons. The van der Waals surface area contributed by atoms with E-state index in [9.17, 15) is 4.79 Å². The Morgan fingerprint density at radius 3 is 2.79 bits per heavy atom. The van der Waals surface area contributed by atoms with Crippen molar-refractivity contribution in [1.29, 1.82) is 0 Å². The van der Waals surface area contributed by atoms with Gasteiger partial charge in [-0.15, -0.1) is 24.8 Å². The Hall–Kier alpha value is -1.63. The van der Waals surface area contributed by atoms with E-state index in [1.54, 1.807) is 10.9 Å². The van der Waals surface area contributed by atoms with Crippen LogP contribution in [0.3, 0.4) is 0 Å². The lowest BCUT2D eigenvalue weighted by molar-refractivity contribution is -0.125. The number of hydrogen-bond acceptors (Lipinski definition) is 4. The smallest absolute Gasteiger partial charge is 0.225 e. The van der Waals surface area contributed by atoms with Gasteiger partial charge in [-0.1, -0.05) is 6.07 Å². The fourth-order valence-corrected chi connectivity index (χ4v) is 2.96. The van der Waals surface area contributed by atoms with Gasteiger partial charge in [0.05, 0.1) is 23.9 Å². The first-order chi connectivity index (χ1) is 10.6. The molecular weight excluding hydrogens is 349 g/mol. The molecule has 132 valence electrons. The molecule has 6 nitrogen and oxygen atoms in total. The highest BCUT2D eigenvalue weighted by Gasteiger charge is 2.35. The van der Waals surface area contributed by atoms with Gasteiger partial charge >= 0.3 is 0 Å². The number of nitrogens with zero attached hydrogens (tertiary/aromatic N) is 3. The van der Waals surface area contributed by atoms with E-state index in [4.69, 9.17) is 0 Å². The quantitative estimate of drug-likeness (QED) is 0.859. The molecule has 8 heteroatoms. The van der Waals surface area contributed by atoms with E-state index in [2.05, 4.69) is 20.7 Å².